The van der Waals surface area contributed by atoms with Crippen molar-refractivity contribution in [3.63, 3.8) is 0 Å². The first kappa shape index (κ1) is 11.5. The molecule has 0 radical (unpaired) electrons. The van der Waals surface area contributed by atoms with Crippen LogP contribution in [0.1, 0.15) is 20.3 Å². The molecule has 2 rings (SSSR count). The van der Waals surface area contributed by atoms with Crippen LogP contribution in [0.2, 0.25) is 0 Å². The van der Waals surface area contributed by atoms with Crippen LogP contribution < -0.4 is 10.2 Å². The van der Waals surface area contributed by atoms with Gasteiger partial charge in [-0.3, -0.25) is 4.90 Å². The minimum atomic E-state index is -0.129. The van der Waals surface area contributed by atoms with Crippen LogP contribution in [-0.2, 0) is 0 Å². The summed E-state index contributed by atoms with van der Waals surface area (Å²) in [7, 11) is 0. The van der Waals surface area contributed by atoms with E-state index in [2.05, 4.69) is 35.1 Å². The van der Waals surface area contributed by atoms with Gasteiger partial charge in [-0.1, -0.05) is 15.9 Å². The number of carbonyl (C=O) groups is 1. The van der Waals surface area contributed by atoms with Crippen LogP contribution in [0.3, 0.4) is 0 Å². The van der Waals surface area contributed by atoms with Gasteiger partial charge in [-0.05, 0) is 44.5 Å². The molecule has 0 unspecified atom stereocenters. The predicted octanol–water partition coefficient (Wildman–Crippen LogP) is 3.15. The molecule has 0 aromatic heterocycles. The van der Waals surface area contributed by atoms with E-state index in [9.17, 15) is 4.79 Å². The largest absolute Gasteiger partial charge is 0.338 e. The summed E-state index contributed by atoms with van der Waals surface area (Å²) in [5, 5.41) is 2.88. The smallest absolute Gasteiger partial charge is 0.322 e. The SMILES string of the molecule is CC1(C)CCNC(=O)N1c1ccc(Br)cc1. The first-order chi connectivity index (χ1) is 7.50. The molecule has 1 aromatic rings. The maximum Gasteiger partial charge on any atom is 0.322 e. The Bertz CT molecular complexity index is 400. The van der Waals surface area contributed by atoms with Crippen molar-refractivity contribution in [1.29, 1.82) is 0 Å². The Hall–Kier alpha value is -1.03. The topological polar surface area (TPSA) is 32.3 Å². The standard InChI is InChI=1S/C12H15BrN2O/c1-12(2)7-8-14-11(16)15(12)10-5-3-9(13)4-6-10/h3-6H,7-8H2,1-2H3,(H,14,16). The second-order valence-corrected chi connectivity index (χ2v) is 5.52. The molecule has 1 aliphatic rings. The molecular weight excluding hydrogens is 268 g/mol. The molecule has 0 saturated carbocycles. The van der Waals surface area contributed by atoms with Crippen LogP contribution in [0.15, 0.2) is 28.7 Å². The fraction of sp³-hybridized carbons (Fsp3) is 0.417. The second kappa shape index (κ2) is 4.09. The lowest BCUT2D eigenvalue weighted by molar-refractivity contribution is 0.230. The normalized spacial score (nSPS) is 19.4. The van der Waals surface area contributed by atoms with E-state index in [1.165, 1.54) is 0 Å². The molecule has 0 atom stereocenters. The van der Waals surface area contributed by atoms with Gasteiger partial charge < -0.3 is 5.32 Å². The van der Waals surface area contributed by atoms with Crippen LogP contribution in [0.4, 0.5) is 10.5 Å². The van der Waals surface area contributed by atoms with Gasteiger partial charge in [-0.25, -0.2) is 4.79 Å². The molecule has 16 heavy (non-hydrogen) atoms. The van der Waals surface area contributed by atoms with E-state index in [1.54, 1.807) is 0 Å². The van der Waals surface area contributed by atoms with Crippen molar-refractivity contribution in [1.82, 2.24) is 5.32 Å². The quantitative estimate of drug-likeness (QED) is 0.843. The highest BCUT2D eigenvalue weighted by Gasteiger charge is 2.35. The summed E-state index contributed by atoms with van der Waals surface area (Å²) >= 11 is 3.39. The molecule has 2 amide bonds. The Labute approximate surface area is 104 Å². The van der Waals surface area contributed by atoms with Crippen molar-refractivity contribution < 1.29 is 4.79 Å². The van der Waals surface area contributed by atoms with Crippen molar-refractivity contribution in [2.45, 2.75) is 25.8 Å². The molecule has 1 fully saturated rings. The highest BCUT2D eigenvalue weighted by Crippen LogP contribution is 2.29. The van der Waals surface area contributed by atoms with Crippen LogP contribution in [0.5, 0.6) is 0 Å². The molecular formula is C12H15BrN2O. The molecule has 0 bridgehead atoms. The molecule has 1 aliphatic heterocycles. The lowest BCUT2D eigenvalue weighted by Gasteiger charge is -2.42. The number of amides is 2. The van der Waals surface area contributed by atoms with E-state index in [4.69, 9.17) is 0 Å². The Morgan fingerprint density at radius 3 is 2.50 bits per heavy atom. The van der Waals surface area contributed by atoms with E-state index in [0.29, 0.717) is 0 Å². The van der Waals surface area contributed by atoms with Gasteiger partial charge in [0.05, 0.1) is 0 Å². The summed E-state index contributed by atoms with van der Waals surface area (Å²) < 4.78 is 1.02. The predicted molar refractivity (Wildman–Crippen MR) is 68.7 cm³/mol. The molecule has 1 aromatic carbocycles. The number of hydrogen-bond acceptors (Lipinski definition) is 1. The van der Waals surface area contributed by atoms with Crippen molar-refractivity contribution in [3.8, 4) is 0 Å². The second-order valence-electron chi connectivity index (χ2n) is 4.61. The molecule has 0 spiro atoms. The zero-order valence-electron chi connectivity index (χ0n) is 9.46. The Kier molecular flexibility index (Phi) is 2.93. The average Bonchev–Trinajstić information content (AvgIpc) is 2.19. The van der Waals surface area contributed by atoms with E-state index >= 15 is 0 Å². The van der Waals surface area contributed by atoms with Crippen LogP contribution >= 0.6 is 15.9 Å². The van der Waals surface area contributed by atoms with Crippen molar-refractivity contribution in [2.24, 2.45) is 0 Å². The summed E-state index contributed by atoms with van der Waals surface area (Å²) in [5.41, 5.74) is 0.807. The summed E-state index contributed by atoms with van der Waals surface area (Å²) in [4.78, 5) is 13.7. The minimum Gasteiger partial charge on any atom is -0.338 e. The number of nitrogens with zero attached hydrogens (tertiary/aromatic N) is 1. The van der Waals surface area contributed by atoms with Crippen LogP contribution in [0, 0.1) is 0 Å². The number of carbonyl (C=O) groups excluding carboxylic acids is 1. The molecule has 4 heteroatoms. The Morgan fingerprint density at radius 2 is 1.94 bits per heavy atom. The molecule has 1 heterocycles. The van der Waals surface area contributed by atoms with Gasteiger partial charge in [0.1, 0.15) is 0 Å². The fourth-order valence-electron chi connectivity index (χ4n) is 2.00. The first-order valence-electron chi connectivity index (χ1n) is 5.34. The fourth-order valence-corrected chi connectivity index (χ4v) is 2.26. The van der Waals surface area contributed by atoms with Crippen LogP contribution in [0.25, 0.3) is 0 Å². The van der Waals surface area contributed by atoms with Crippen LogP contribution in [-0.4, -0.2) is 18.1 Å². The van der Waals surface area contributed by atoms with Gasteiger partial charge in [0, 0.05) is 22.2 Å². The zero-order valence-corrected chi connectivity index (χ0v) is 11.0. The third-order valence-corrected chi connectivity index (χ3v) is 3.43. The Morgan fingerprint density at radius 1 is 1.31 bits per heavy atom. The maximum atomic E-state index is 11.9. The van der Waals surface area contributed by atoms with Gasteiger partial charge in [0.25, 0.3) is 0 Å². The number of rotatable bonds is 1. The summed E-state index contributed by atoms with van der Waals surface area (Å²) in [6, 6.07) is 7.80. The van der Waals surface area contributed by atoms with E-state index in [0.717, 1.165) is 23.1 Å². The molecule has 1 N–H and O–H groups in total. The number of hydrogen-bond donors (Lipinski definition) is 1. The van der Waals surface area contributed by atoms with Gasteiger partial charge in [0.2, 0.25) is 0 Å². The average molecular weight is 283 g/mol. The third kappa shape index (κ3) is 2.07. The van der Waals surface area contributed by atoms with Crippen molar-refractivity contribution >= 4 is 27.6 Å². The number of halogens is 1. The summed E-state index contributed by atoms with van der Waals surface area (Å²) in [6.07, 6.45) is 0.953. The lowest BCUT2D eigenvalue weighted by atomic mass is 9.95. The number of anilines is 1. The summed E-state index contributed by atoms with van der Waals surface area (Å²) in [5.74, 6) is 0. The van der Waals surface area contributed by atoms with E-state index < -0.39 is 0 Å². The zero-order chi connectivity index (χ0) is 11.8. The molecule has 86 valence electrons. The number of nitrogens with one attached hydrogen (secondary N) is 1. The molecule has 1 saturated heterocycles. The third-order valence-electron chi connectivity index (χ3n) is 2.91. The highest BCUT2D eigenvalue weighted by molar-refractivity contribution is 9.10. The maximum absolute atomic E-state index is 11.9. The Balaban J connectivity index is 2.36. The number of benzene rings is 1. The lowest BCUT2D eigenvalue weighted by Crippen LogP contribution is -2.58. The minimum absolute atomic E-state index is 0.0152. The molecule has 0 aliphatic carbocycles. The van der Waals surface area contributed by atoms with Gasteiger partial charge in [-0.15, -0.1) is 0 Å². The van der Waals surface area contributed by atoms with Gasteiger partial charge in [-0.2, -0.15) is 0 Å². The van der Waals surface area contributed by atoms with E-state index in [-0.39, 0.29) is 11.6 Å². The number of urea groups is 1. The van der Waals surface area contributed by atoms with Gasteiger partial charge in [0.15, 0.2) is 0 Å². The van der Waals surface area contributed by atoms with Gasteiger partial charge >= 0.3 is 6.03 Å². The van der Waals surface area contributed by atoms with Crippen molar-refractivity contribution in [3.05, 3.63) is 28.7 Å². The summed E-state index contributed by atoms with van der Waals surface area (Å²) in [6.45, 7) is 4.93. The van der Waals surface area contributed by atoms with Crippen molar-refractivity contribution in [2.75, 3.05) is 11.4 Å². The first-order valence-corrected chi connectivity index (χ1v) is 6.14. The highest BCUT2D eigenvalue weighted by atomic mass is 79.9. The monoisotopic (exact) mass is 282 g/mol. The molecule has 3 nitrogen and oxygen atoms in total. The van der Waals surface area contributed by atoms with E-state index in [1.807, 2.05) is 29.2 Å².